The van der Waals surface area contributed by atoms with Crippen LogP contribution >= 0.6 is 0 Å². The van der Waals surface area contributed by atoms with E-state index in [2.05, 4.69) is 0 Å². The Morgan fingerprint density at radius 3 is 2.50 bits per heavy atom. The summed E-state index contributed by atoms with van der Waals surface area (Å²) >= 11 is 0. The van der Waals surface area contributed by atoms with Gasteiger partial charge in [-0.15, -0.1) is 0 Å². The molecule has 0 bridgehead atoms. The summed E-state index contributed by atoms with van der Waals surface area (Å²) in [6, 6.07) is 0. The summed E-state index contributed by atoms with van der Waals surface area (Å²) in [6.07, 6.45) is 3.99. The van der Waals surface area contributed by atoms with Gasteiger partial charge >= 0.3 is 0 Å². The molecule has 1 unspecified atom stereocenters. The van der Waals surface area contributed by atoms with Crippen LogP contribution in [0.5, 0.6) is 0 Å². The van der Waals surface area contributed by atoms with E-state index in [1.165, 1.54) is 0 Å². The normalized spacial score (nSPS) is 30.0. The number of hydrogen-bond donors (Lipinski definition) is 2. The molecule has 0 aromatic rings. The Bertz CT molecular complexity index is 170. The molecule has 0 saturated carbocycles. The Morgan fingerprint density at radius 2 is 1.93 bits per heavy atom. The van der Waals surface area contributed by atoms with E-state index >= 15 is 0 Å². The van der Waals surface area contributed by atoms with Crippen molar-refractivity contribution in [1.82, 2.24) is 0 Å². The summed E-state index contributed by atoms with van der Waals surface area (Å²) in [6.45, 7) is 5.49. The lowest BCUT2D eigenvalue weighted by molar-refractivity contribution is -0.0548. The average Bonchev–Trinajstić information content (AvgIpc) is 2.43. The first-order chi connectivity index (χ1) is 6.58. The maximum Gasteiger partial charge on any atom is 0.0848 e. The summed E-state index contributed by atoms with van der Waals surface area (Å²) in [5.74, 6) is 0. The Kier molecular flexibility index (Phi) is 3.93. The maximum absolute atomic E-state index is 10.6. The molecule has 84 valence electrons. The SMILES string of the molecule is CCC(N)(CC)C1(O)CCCOCC1. The fourth-order valence-electron chi connectivity index (χ4n) is 2.34. The fraction of sp³-hybridized carbons (Fsp3) is 1.00. The van der Waals surface area contributed by atoms with E-state index in [-0.39, 0.29) is 0 Å². The van der Waals surface area contributed by atoms with E-state index in [9.17, 15) is 5.11 Å². The van der Waals surface area contributed by atoms with E-state index < -0.39 is 11.1 Å². The third-order valence-electron chi connectivity index (χ3n) is 3.73. The van der Waals surface area contributed by atoms with Gasteiger partial charge in [0.2, 0.25) is 0 Å². The van der Waals surface area contributed by atoms with Crippen molar-refractivity contribution in [3.63, 3.8) is 0 Å². The average molecular weight is 201 g/mol. The van der Waals surface area contributed by atoms with Gasteiger partial charge in [0.25, 0.3) is 0 Å². The molecule has 14 heavy (non-hydrogen) atoms. The molecule has 1 saturated heterocycles. The summed E-state index contributed by atoms with van der Waals surface area (Å²) in [7, 11) is 0. The molecule has 0 amide bonds. The zero-order valence-electron chi connectivity index (χ0n) is 9.38. The highest BCUT2D eigenvalue weighted by Gasteiger charge is 2.44. The van der Waals surface area contributed by atoms with Crippen LogP contribution < -0.4 is 5.73 Å². The van der Waals surface area contributed by atoms with Gasteiger partial charge in [-0.3, -0.25) is 0 Å². The minimum atomic E-state index is -0.729. The van der Waals surface area contributed by atoms with E-state index in [4.69, 9.17) is 10.5 Å². The molecular weight excluding hydrogens is 178 g/mol. The van der Waals surface area contributed by atoms with Crippen molar-refractivity contribution in [3.8, 4) is 0 Å². The molecule has 0 radical (unpaired) electrons. The summed E-state index contributed by atoms with van der Waals surface area (Å²) in [5, 5.41) is 10.6. The van der Waals surface area contributed by atoms with Crippen LogP contribution in [-0.2, 0) is 4.74 Å². The molecule has 3 heteroatoms. The second-order valence-electron chi connectivity index (χ2n) is 4.36. The van der Waals surface area contributed by atoms with Crippen LogP contribution in [-0.4, -0.2) is 29.5 Å². The van der Waals surface area contributed by atoms with Gasteiger partial charge in [0.1, 0.15) is 0 Å². The van der Waals surface area contributed by atoms with Crippen LogP contribution in [0.15, 0.2) is 0 Å². The Balaban J connectivity index is 2.78. The first kappa shape index (κ1) is 12.0. The molecule has 3 N–H and O–H groups in total. The predicted molar refractivity (Wildman–Crippen MR) is 57.1 cm³/mol. The number of nitrogens with two attached hydrogens (primary N) is 1. The van der Waals surface area contributed by atoms with Crippen molar-refractivity contribution in [2.24, 2.45) is 5.73 Å². The monoisotopic (exact) mass is 201 g/mol. The molecule has 1 atom stereocenters. The highest BCUT2D eigenvalue weighted by molar-refractivity contribution is 5.02. The lowest BCUT2D eigenvalue weighted by Gasteiger charge is -2.43. The molecule has 0 aromatic heterocycles. The topological polar surface area (TPSA) is 55.5 Å². The number of hydrogen-bond acceptors (Lipinski definition) is 3. The molecule has 1 heterocycles. The van der Waals surface area contributed by atoms with Gasteiger partial charge in [-0.05, 0) is 25.7 Å². The quantitative estimate of drug-likeness (QED) is 0.726. The molecular formula is C11H23NO2. The second-order valence-corrected chi connectivity index (χ2v) is 4.36. The van der Waals surface area contributed by atoms with Crippen LogP contribution in [0.2, 0.25) is 0 Å². The molecule has 3 nitrogen and oxygen atoms in total. The highest BCUT2D eigenvalue weighted by atomic mass is 16.5. The number of ether oxygens (including phenoxy) is 1. The number of aliphatic hydroxyl groups is 1. The Labute approximate surface area is 86.6 Å². The molecule has 1 aliphatic heterocycles. The lowest BCUT2D eigenvalue weighted by atomic mass is 9.72. The zero-order chi connectivity index (χ0) is 10.7. The zero-order valence-corrected chi connectivity index (χ0v) is 9.38. The molecule has 0 spiro atoms. The molecule has 0 aliphatic carbocycles. The van der Waals surface area contributed by atoms with E-state index in [1.807, 2.05) is 13.8 Å². The van der Waals surface area contributed by atoms with Crippen molar-refractivity contribution in [2.45, 2.75) is 57.1 Å². The summed E-state index contributed by atoms with van der Waals surface area (Å²) in [4.78, 5) is 0. The summed E-state index contributed by atoms with van der Waals surface area (Å²) in [5.41, 5.74) is 5.10. The van der Waals surface area contributed by atoms with Gasteiger partial charge in [-0.1, -0.05) is 13.8 Å². The van der Waals surface area contributed by atoms with E-state index in [0.717, 1.165) is 32.3 Å². The smallest absolute Gasteiger partial charge is 0.0848 e. The van der Waals surface area contributed by atoms with Crippen molar-refractivity contribution >= 4 is 0 Å². The highest BCUT2D eigenvalue weighted by Crippen LogP contribution is 2.35. The van der Waals surface area contributed by atoms with Crippen LogP contribution in [0.3, 0.4) is 0 Å². The van der Waals surface area contributed by atoms with Crippen LogP contribution in [0.4, 0.5) is 0 Å². The van der Waals surface area contributed by atoms with Gasteiger partial charge in [0.05, 0.1) is 5.60 Å². The van der Waals surface area contributed by atoms with Gasteiger partial charge in [0.15, 0.2) is 0 Å². The van der Waals surface area contributed by atoms with Crippen molar-refractivity contribution in [2.75, 3.05) is 13.2 Å². The Hall–Kier alpha value is -0.120. The standard InChI is InChI=1S/C11H23NO2/c1-3-10(12,4-2)11(13)6-5-8-14-9-7-11/h13H,3-9,12H2,1-2H3. The first-order valence-electron chi connectivity index (χ1n) is 5.67. The van der Waals surface area contributed by atoms with Crippen LogP contribution in [0.1, 0.15) is 46.0 Å². The molecule has 1 fully saturated rings. The largest absolute Gasteiger partial charge is 0.388 e. The molecule has 1 aliphatic rings. The van der Waals surface area contributed by atoms with E-state index in [1.54, 1.807) is 0 Å². The van der Waals surface area contributed by atoms with Gasteiger partial charge < -0.3 is 15.6 Å². The maximum atomic E-state index is 10.6. The first-order valence-corrected chi connectivity index (χ1v) is 5.67. The van der Waals surface area contributed by atoms with E-state index in [0.29, 0.717) is 13.0 Å². The Morgan fingerprint density at radius 1 is 1.29 bits per heavy atom. The van der Waals surface area contributed by atoms with Crippen LogP contribution in [0, 0.1) is 0 Å². The van der Waals surface area contributed by atoms with Crippen molar-refractivity contribution in [3.05, 3.63) is 0 Å². The number of rotatable bonds is 3. The molecule has 1 rings (SSSR count). The third kappa shape index (κ3) is 2.10. The minimum Gasteiger partial charge on any atom is -0.388 e. The van der Waals surface area contributed by atoms with Crippen LogP contribution in [0.25, 0.3) is 0 Å². The predicted octanol–water partition coefficient (Wildman–Crippen LogP) is 1.44. The minimum absolute atomic E-state index is 0.444. The lowest BCUT2D eigenvalue weighted by Crippen LogP contribution is -2.60. The second kappa shape index (κ2) is 4.60. The van der Waals surface area contributed by atoms with Gasteiger partial charge in [0, 0.05) is 25.2 Å². The van der Waals surface area contributed by atoms with Crippen molar-refractivity contribution < 1.29 is 9.84 Å². The van der Waals surface area contributed by atoms with Crippen molar-refractivity contribution in [1.29, 1.82) is 0 Å². The molecule has 0 aromatic carbocycles. The van der Waals surface area contributed by atoms with Gasteiger partial charge in [-0.2, -0.15) is 0 Å². The van der Waals surface area contributed by atoms with Gasteiger partial charge in [-0.25, -0.2) is 0 Å². The fourth-order valence-corrected chi connectivity index (χ4v) is 2.34. The third-order valence-corrected chi connectivity index (χ3v) is 3.73. The summed E-state index contributed by atoms with van der Waals surface area (Å²) < 4.78 is 5.36.